The third-order valence-electron chi connectivity index (χ3n) is 2.99. The molecule has 0 aliphatic heterocycles. The van der Waals surface area contributed by atoms with Crippen LogP contribution in [0.2, 0.25) is 0 Å². The first-order valence-corrected chi connectivity index (χ1v) is 6.95. The van der Waals surface area contributed by atoms with E-state index in [2.05, 4.69) is 5.32 Å². The Hall–Kier alpha value is -2.76. The largest absolute Gasteiger partial charge is 0.494 e. The van der Waals surface area contributed by atoms with E-state index in [1.54, 1.807) is 31.2 Å². The molecule has 0 atom stereocenters. The van der Waals surface area contributed by atoms with Gasteiger partial charge in [0.15, 0.2) is 5.76 Å². The summed E-state index contributed by atoms with van der Waals surface area (Å²) in [6.07, 6.45) is 0.398. The lowest BCUT2D eigenvalue weighted by atomic mass is 10.2. The van der Waals surface area contributed by atoms with E-state index < -0.39 is 11.9 Å². The number of carbonyl (C=O) groups excluding carboxylic acids is 1. The number of amides is 1. The first-order valence-electron chi connectivity index (χ1n) is 6.95. The smallest absolute Gasteiger partial charge is 0.339 e. The van der Waals surface area contributed by atoms with Crippen molar-refractivity contribution in [3.63, 3.8) is 0 Å². The summed E-state index contributed by atoms with van der Waals surface area (Å²) in [6, 6.07) is 8.17. The predicted octanol–water partition coefficient (Wildman–Crippen LogP) is 3.19. The molecule has 0 aliphatic carbocycles. The number of rotatable bonds is 6. The van der Waals surface area contributed by atoms with Crippen LogP contribution in [0.15, 0.2) is 34.7 Å². The third kappa shape index (κ3) is 3.46. The molecule has 116 valence electrons. The van der Waals surface area contributed by atoms with Crippen LogP contribution in [0.4, 0.5) is 5.69 Å². The minimum absolute atomic E-state index is 0.00992. The fraction of sp³-hybridized carbons (Fsp3) is 0.250. The summed E-state index contributed by atoms with van der Waals surface area (Å²) in [5.41, 5.74) is 0.554. The highest BCUT2D eigenvalue weighted by molar-refractivity contribution is 6.04. The third-order valence-corrected chi connectivity index (χ3v) is 2.99. The van der Waals surface area contributed by atoms with E-state index in [0.29, 0.717) is 24.5 Å². The van der Waals surface area contributed by atoms with Crippen LogP contribution in [-0.4, -0.2) is 23.6 Å². The fourth-order valence-electron chi connectivity index (χ4n) is 2.01. The molecular formula is C16H17NO5. The van der Waals surface area contributed by atoms with Gasteiger partial charge in [-0.2, -0.15) is 0 Å². The first-order chi connectivity index (χ1) is 10.5. The zero-order valence-electron chi connectivity index (χ0n) is 12.4. The number of nitrogens with one attached hydrogen (secondary N) is 1. The summed E-state index contributed by atoms with van der Waals surface area (Å²) in [5, 5.41) is 11.7. The standard InChI is InChI=1S/C16H17NO5/c1-3-13-12(16(19)20)9-14(22-13)15(18)17-10-6-5-7-11(8-10)21-4-2/h5-9H,3-4H2,1-2H3,(H,17,18)(H,19,20). The second kappa shape index (κ2) is 6.80. The van der Waals surface area contributed by atoms with Gasteiger partial charge in [0.25, 0.3) is 5.91 Å². The number of carbonyl (C=O) groups is 2. The zero-order chi connectivity index (χ0) is 16.1. The molecule has 0 bridgehead atoms. The highest BCUT2D eigenvalue weighted by Crippen LogP contribution is 2.20. The number of carboxylic acid groups (broad SMARTS) is 1. The summed E-state index contributed by atoms with van der Waals surface area (Å²) in [6.45, 7) is 4.16. The van der Waals surface area contributed by atoms with Crippen molar-refractivity contribution < 1.29 is 23.8 Å². The van der Waals surface area contributed by atoms with E-state index in [1.807, 2.05) is 6.92 Å². The van der Waals surface area contributed by atoms with E-state index in [1.165, 1.54) is 6.07 Å². The molecule has 22 heavy (non-hydrogen) atoms. The van der Waals surface area contributed by atoms with Gasteiger partial charge < -0.3 is 19.6 Å². The molecule has 2 N–H and O–H groups in total. The predicted molar refractivity (Wildman–Crippen MR) is 80.6 cm³/mol. The Kier molecular flexibility index (Phi) is 4.83. The van der Waals surface area contributed by atoms with E-state index in [4.69, 9.17) is 14.3 Å². The van der Waals surface area contributed by atoms with Crippen LogP contribution >= 0.6 is 0 Å². The second-order valence-corrected chi connectivity index (χ2v) is 4.52. The van der Waals surface area contributed by atoms with Crippen molar-refractivity contribution in [3.8, 4) is 5.75 Å². The first kappa shape index (κ1) is 15.6. The highest BCUT2D eigenvalue weighted by atomic mass is 16.5. The molecule has 0 saturated heterocycles. The Morgan fingerprint density at radius 2 is 2.05 bits per heavy atom. The highest BCUT2D eigenvalue weighted by Gasteiger charge is 2.20. The van der Waals surface area contributed by atoms with Gasteiger partial charge in [0.05, 0.1) is 6.61 Å². The van der Waals surface area contributed by atoms with Crippen molar-refractivity contribution in [1.29, 1.82) is 0 Å². The number of aromatic carboxylic acids is 1. The number of aryl methyl sites for hydroxylation is 1. The van der Waals surface area contributed by atoms with Gasteiger partial charge in [-0.1, -0.05) is 13.0 Å². The van der Waals surface area contributed by atoms with Gasteiger partial charge in [0.2, 0.25) is 0 Å². The summed E-state index contributed by atoms with van der Waals surface area (Å²) >= 11 is 0. The molecule has 1 amide bonds. The molecule has 2 aromatic rings. The van der Waals surface area contributed by atoms with Gasteiger partial charge in [0.1, 0.15) is 17.1 Å². The fourth-order valence-corrected chi connectivity index (χ4v) is 2.01. The van der Waals surface area contributed by atoms with Gasteiger partial charge in [-0.25, -0.2) is 4.79 Å². The van der Waals surface area contributed by atoms with Crippen molar-refractivity contribution in [2.24, 2.45) is 0 Å². The van der Waals surface area contributed by atoms with Gasteiger partial charge in [-0.3, -0.25) is 4.79 Å². The topological polar surface area (TPSA) is 88.8 Å². The Labute approximate surface area is 127 Å². The van der Waals surface area contributed by atoms with E-state index in [9.17, 15) is 9.59 Å². The number of ether oxygens (including phenoxy) is 1. The number of benzene rings is 1. The van der Waals surface area contributed by atoms with Crippen LogP contribution in [0.1, 0.15) is 40.5 Å². The SMILES string of the molecule is CCOc1cccc(NC(=O)c2cc(C(=O)O)c(CC)o2)c1. The van der Waals surface area contributed by atoms with E-state index >= 15 is 0 Å². The normalized spacial score (nSPS) is 10.3. The van der Waals surface area contributed by atoms with Crippen LogP contribution < -0.4 is 10.1 Å². The molecule has 0 saturated carbocycles. The number of hydrogen-bond acceptors (Lipinski definition) is 4. The van der Waals surface area contributed by atoms with Crippen molar-refractivity contribution in [3.05, 3.63) is 47.4 Å². The lowest BCUT2D eigenvalue weighted by Crippen LogP contribution is -2.11. The van der Waals surface area contributed by atoms with Crippen molar-refractivity contribution >= 4 is 17.6 Å². The van der Waals surface area contributed by atoms with Crippen molar-refractivity contribution in [2.75, 3.05) is 11.9 Å². The van der Waals surface area contributed by atoms with Crippen LogP contribution in [0, 0.1) is 0 Å². The average molecular weight is 303 g/mol. The zero-order valence-corrected chi connectivity index (χ0v) is 12.4. The molecule has 1 heterocycles. The van der Waals surface area contributed by atoms with Crippen LogP contribution in [-0.2, 0) is 6.42 Å². The number of carboxylic acids is 1. The maximum Gasteiger partial charge on any atom is 0.339 e. The van der Waals surface area contributed by atoms with Gasteiger partial charge in [0, 0.05) is 24.2 Å². The lowest BCUT2D eigenvalue weighted by molar-refractivity contribution is 0.0694. The Bertz CT molecular complexity index is 690. The molecule has 6 nitrogen and oxygen atoms in total. The summed E-state index contributed by atoms with van der Waals surface area (Å²) < 4.78 is 10.7. The minimum atomic E-state index is -1.11. The molecule has 2 rings (SSSR count). The number of hydrogen-bond donors (Lipinski definition) is 2. The van der Waals surface area contributed by atoms with Crippen LogP contribution in [0.25, 0.3) is 0 Å². The molecule has 0 fully saturated rings. The Morgan fingerprint density at radius 1 is 1.27 bits per heavy atom. The van der Waals surface area contributed by atoms with Crippen LogP contribution in [0.5, 0.6) is 5.75 Å². The molecule has 1 aromatic heterocycles. The number of furan rings is 1. The van der Waals surface area contributed by atoms with Gasteiger partial charge >= 0.3 is 5.97 Å². The summed E-state index contributed by atoms with van der Waals surface area (Å²) in [7, 11) is 0. The summed E-state index contributed by atoms with van der Waals surface area (Å²) in [5.74, 6) is -0.731. The van der Waals surface area contributed by atoms with E-state index in [-0.39, 0.29) is 17.1 Å². The molecule has 0 spiro atoms. The molecule has 1 aromatic carbocycles. The molecule has 6 heteroatoms. The number of anilines is 1. The maximum absolute atomic E-state index is 12.1. The molecule has 0 radical (unpaired) electrons. The van der Waals surface area contributed by atoms with E-state index in [0.717, 1.165) is 0 Å². The van der Waals surface area contributed by atoms with Crippen molar-refractivity contribution in [1.82, 2.24) is 0 Å². The molecule has 0 unspecified atom stereocenters. The van der Waals surface area contributed by atoms with Crippen molar-refractivity contribution in [2.45, 2.75) is 20.3 Å². The monoisotopic (exact) mass is 303 g/mol. The quantitative estimate of drug-likeness (QED) is 0.855. The average Bonchev–Trinajstić information content (AvgIpc) is 2.92. The van der Waals surface area contributed by atoms with Gasteiger partial charge in [-0.15, -0.1) is 0 Å². The maximum atomic E-state index is 12.1. The Morgan fingerprint density at radius 3 is 2.64 bits per heavy atom. The Balaban J connectivity index is 2.18. The molecule has 0 aliphatic rings. The second-order valence-electron chi connectivity index (χ2n) is 4.52. The van der Waals surface area contributed by atoms with Crippen LogP contribution in [0.3, 0.4) is 0 Å². The van der Waals surface area contributed by atoms with Gasteiger partial charge in [-0.05, 0) is 19.1 Å². The minimum Gasteiger partial charge on any atom is -0.494 e. The summed E-state index contributed by atoms with van der Waals surface area (Å²) in [4.78, 5) is 23.2. The lowest BCUT2D eigenvalue weighted by Gasteiger charge is -2.06. The molecular weight excluding hydrogens is 286 g/mol.